The summed E-state index contributed by atoms with van der Waals surface area (Å²) in [7, 11) is 0. The van der Waals surface area contributed by atoms with Crippen LogP contribution >= 0.6 is 45.2 Å². The van der Waals surface area contributed by atoms with Crippen LogP contribution in [0.3, 0.4) is 0 Å². The zero-order valence-corrected chi connectivity index (χ0v) is 30.3. The zero-order chi connectivity index (χ0) is 32.0. The predicted molar refractivity (Wildman–Crippen MR) is 176 cm³/mol. The Kier molecular flexibility index (Phi) is 10.3. The van der Waals surface area contributed by atoms with Crippen molar-refractivity contribution in [2.45, 2.75) is 130 Å². The molecule has 6 fully saturated rings. The first kappa shape index (κ1) is 34.4. The molecule has 0 bridgehead atoms. The summed E-state index contributed by atoms with van der Waals surface area (Å²) in [5.41, 5.74) is 0. The lowest BCUT2D eigenvalue weighted by molar-refractivity contribution is -0.216. The summed E-state index contributed by atoms with van der Waals surface area (Å²) in [5, 5.41) is 0. The van der Waals surface area contributed by atoms with Gasteiger partial charge in [0.2, 0.25) is 0 Å². The van der Waals surface area contributed by atoms with E-state index in [-0.39, 0.29) is 46.3 Å². The molecule has 3 saturated carbocycles. The minimum Gasteiger partial charge on any atom is -0.456 e. The number of hydrogen-bond donors (Lipinski definition) is 0. The van der Waals surface area contributed by atoms with Gasteiger partial charge in [0.25, 0.3) is 0 Å². The Balaban J connectivity index is 1.07. The van der Waals surface area contributed by atoms with E-state index < -0.39 is 45.1 Å². The summed E-state index contributed by atoms with van der Waals surface area (Å²) in [5.74, 6) is -2.81. The highest BCUT2D eigenvalue weighted by Gasteiger charge is 2.60. The number of hydrogen-bond acceptors (Lipinski definition) is 11. The molecule has 0 aromatic heterocycles. The van der Waals surface area contributed by atoms with Crippen LogP contribution < -0.4 is 0 Å². The molecule has 0 N–H and O–H groups in total. The molecule has 8 unspecified atom stereocenters. The molecule has 0 aromatic rings. The Morgan fingerprint density at radius 1 is 0.911 bits per heavy atom. The molecule has 3 saturated heterocycles. The normalized spacial score (nSPS) is 38.0. The third kappa shape index (κ3) is 7.44. The third-order valence-corrected chi connectivity index (χ3v) is 11.0. The van der Waals surface area contributed by atoms with Crippen LogP contribution in [0.15, 0.2) is 10.2 Å². The van der Waals surface area contributed by atoms with Crippen molar-refractivity contribution >= 4 is 62.9 Å². The molecule has 6 rings (SSSR count). The maximum atomic E-state index is 13.1. The number of ether oxygens (including phenoxy) is 8. The smallest absolute Gasteiger partial charge is 0.344 e. The lowest BCUT2D eigenvalue weighted by Gasteiger charge is -2.35. The molecule has 45 heavy (non-hydrogen) atoms. The van der Waals surface area contributed by atoms with Gasteiger partial charge in [-0.05, 0) is 74.5 Å². The Morgan fingerprint density at radius 3 is 2.29 bits per heavy atom. The fraction of sp³-hybridized carbons (Fsp3) is 0.844. The second-order valence-corrected chi connectivity index (χ2v) is 17.9. The van der Waals surface area contributed by atoms with Gasteiger partial charge in [-0.1, -0.05) is 29.2 Å². The Morgan fingerprint density at radius 2 is 1.60 bits per heavy atom. The fourth-order valence-electron chi connectivity index (χ4n) is 8.02. The van der Waals surface area contributed by atoms with E-state index in [4.69, 9.17) is 37.9 Å². The lowest BCUT2D eigenvalue weighted by atomic mass is 9.85. The lowest BCUT2D eigenvalue weighted by Crippen LogP contribution is -2.47. The van der Waals surface area contributed by atoms with Crippen LogP contribution in [-0.4, -0.2) is 89.3 Å². The van der Waals surface area contributed by atoms with Crippen LogP contribution in [0.25, 0.3) is 0 Å². The largest absolute Gasteiger partial charge is 0.456 e. The maximum Gasteiger partial charge on any atom is 0.344 e. The molecule has 11 nitrogen and oxygen atoms in total. The molecule has 8 atom stereocenters. The summed E-state index contributed by atoms with van der Waals surface area (Å²) in [6.45, 7) is 7.87. The molecule has 3 aliphatic heterocycles. The number of alkyl halides is 1. The average molecular weight is 859 g/mol. The number of esters is 2. The van der Waals surface area contributed by atoms with Gasteiger partial charge in [-0.3, -0.25) is 9.59 Å². The molecule has 13 heteroatoms. The van der Waals surface area contributed by atoms with Crippen molar-refractivity contribution in [2.24, 2.45) is 11.8 Å². The van der Waals surface area contributed by atoms with Gasteiger partial charge in [0.05, 0.1) is 29.5 Å². The van der Waals surface area contributed by atoms with Gasteiger partial charge in [-0.2, -0.15) is 0 Å². The molecular weight excluding hydrogens is 814 g/mol. The first-order chi connectivity index (χ1) is 21.3. The molecule has 3 heterocycles. The van der Waals surface area contributed by atoms with Crippen molar-refractivity contribution in [3.63, 3.8) is 0 Å². The van der Waals surface area contributed by atoms with Crippen LogP contribution in [0.5, 0.6) is 0 Å². The van der Waals surface area contributed by atoms with Gasteiger partial charge in [0.15, 0.2) is 29.2 Å². The quantitative estimate of drug-likeness (QED) is 0.127. The van der Waals surface area contributed by atoms with Crippen LogP contribution in [0, 0.1) is 11.8 Å². The summed E-state index contributed by atoms with van der Waals surface area (Å²) < 4.78 is 49.2. The number of rotatable bonds is 10. The van der Waals surface area contributed by atoms with E-state index in [1.165, 1.54) is 0 Å². The van der Waals surface area contributed by atoms with Crippen molar-refractivity contribution in [3.05, 3.63) is 10.2 Å². The molecular formula is C32H44I2O11. The van der Waals surface area contributed by atoms with Gasteiger partial charge < -0.3 is 37.9 Å². The van der Waals surface area contributed by atoms with E-state index in [9.17, 15) is 14.4 Å². The van der Waals surface area contributed by atoms with Crippen LogP contribution in [0.2, 0.25) is 0 Å². The van der Waals surface area contributed by atoms with Crippen LogP contribution in [-0.2, 0) is 52.3 Å². The minimum atomic E-state index is -0.769. The molecule has 3 aliphatic carbocycles. The van der Waals surface area contributed by atoms with E-state index in [0.717, 1.165) is 57.8 Å². The highest BCUT2D eigenvalue weighted by atomic mass is 127. The van der Waals surface area contributed by atoms with Crippen molar-refractivity contribution in [1.29, 1.82) is 0 Å². The van der Waals surface area contributed by atoms with E-state index in [1.807, 2.05) is 13.8 Å². The molecule has 6 aliphatic rings. The number of ketones is 1. The van der Waals surface area contributed by atoms with Crippen molar-refractivity contribution in [1.82, 2.24) is 0 Å². The minimum absolute atomic E-state index is 0.125. The predicted octanol–water partition coefficient (Wildman–Crippen LogP) is 5.07. The van der Waals surface area contributed by atoms with Crippen molar-refractivity contribution in [2.75, 3.05) is 26.4 Å². The molecule has 3 spiro atoms. The highest BCUT2D eigenvalue weighted by Crippen LogP contribution is 2.55. The van der Waals surface area contributed by atoms with E-state index in [2.05, 4.69) is 29.2 Å². The summed E-state index contributed by atoms with van der Waals surface area (Å²) in [4.78, 5) is 37.2. The average Bonchev–Trinajstić information content (AvgIpc) is 3.84. The highest BCUT2D eigenvalue weighted by molar-refractivity contribution is 14.1. The summed E-state index contributed by atoms with van der Waals surface area (Å²) in [6, 6.07) is 0. The van der Waals surface area contributed by atoms with Crippen molar-refractivity contribution < 1.29 is 52.3 Å². The van der Waals surface area contributed by atoms with Gasteiger partial charge >= 0.3 is 11.9 Å². The van der Waals surface area contributed by atoms with Gasteiger partial charge in [0.1, 0.15) is 22.2 Å². The zero-order valence-electron chi connectivity index (χ0n) is 26.0. The first-order valence-electron chi connectivity index (χ1n) is 16.2. The van der Waals surface area contributed by atoms with Gasteiger partial charge in [-0.25, -0.2) is 4.79 Å². The number of halogens is 2. The summed E-state index contributed by atoms with van der Waals surface area (Å²) >= 11 is 3.87. The monoisotopic (exact) mass is 858 g/mol. The Bertz CT molecular complexity index is 1170. The molecule has 252 valence electrons. The number of carbonyl (C=O) groups is 3. The standard InChI is InChI=1S/C32H44I2O11/c1-19(33)27(36)38-15-21(35)13-22-16-41-32(43-22)11-6-7-23(32)20-8-12-31(14-20)40-18-25(45-31)26(42-28(37)29(2,3)34)24-17-39-30(44-24)9-4-5-10-30/h20,22-26H,1,4-18H2,2-3H3. The molecule has 0 radical (unpaired) electrons. The van der Waals surface area contributed by atoms with Crippen LogP contribution in [0.1, 0.15) is 84.5 Å². The topological polar surface area (TPSA) is 125 Å². The Labute approximate surface area is 291 Å². The second kappa shape index (κ2) is 13.5. The fourth-order valence-corrected chi connectivity index (χ4v) is 8.30. The second-order valence-electron chi connectivity index (χ2n) is 13.9. The third-order valence-electron chi connectivity index (χ3n) is 10.1. The van der Waals surface area contributed by atoms with E-state index in [1.54, 1.807) is 22.6 Å². The first-order valence-corrected chi connectivity index (χ1v) is 18.4. The molecule has 0 amide bonds. The van der Waals surface area contributed by atoms with E-state index >= 15 is 0 Å². The number of Topliss-reactive ketones (excluding diaryl/α,β-unsaturated/α-hetero) is 1. The van der Waals surface area contributed by atoms with E-state index in [0.29, 0.717) is 26.2 Å². The SMILES string of the molecule is C=C(I)C(=O)OCC(=O)CC1COC2(CCCC2C2CCC3(C2)OCC(C(OC(=O)C(C)(C)I)C2COC4(CCCC4)O2)O3)O1. The Hall–Kier alpha value is -0.430. The van der Waals surface area contributed by atoms with Crippen molar-refractivity contribution in [3.8, 4) is 0 Å². The van der Waals surface area contributed by atoms with Gasteiger partial charge in [-0.15, -0.1) is 0 Å². The van der Waals surface area contributed by atoms with Gasteiger partial charge in [0, 0.05) is 44.4 Å². The number of carbonyl (C=O) groups excluding carboxylic acids is 3. The maximum absolute atomic E-state index is 13.1. The van der Waals surface area contributed by atoms with Crippen LogP contribution in [0.4, 0.5) is 0 Å². The molecule has 0 aromatic carbocycles. The summed E-state index contributed by atoms with van der Waals surface area (Å²) in [6.07, 6.45) is 7.02.